The monoisotopic (exact) mass is 402 g/mol. The van der Waals surface area contributed by atoms with Gasteiger partial charge in [-0.1, -0.05) is 60.7 Å². The van der Waals surface area contributed by atoms with Crippen molar-refractivity contribution in [3.63, 3.8) is 0 Å². The topological polar surface area (TPSA) is 64.3 Å². The SMILES string of the molecule is Cc1cc(N)c(F)cc1C=CCNC(=O)OCC1c2ccccc2-c2ccccc21. The summed E-state index contributed by atoms with van der Waals surface area (Å²) < 4.78 is 19.1. The minimum atomic E-state index is -0.485. The molecule has 0 saturated carbocycles. The van der Waals surface area contributed by atoms with Crippen molar-refractivity contribution in [3.05, 3.63) is 94.8 Å². The highest BCUT2D eigenvalue weighted by Crippen LogP contribution is 2.44. The molecular weight excluding hydrogens is 379 g/mol. The van der Waals surface area contributed by atoms with E-state index in [1.54, 1.807) is 18.2 Å². The highest BCUT2D eigenvalue weighted by Gasteiger charge is 2.28. The number of hydrogen-bond acceptors (Lipinski definition) is 3. The third-order valence-electron chi connectivity index (χ3n) is 5.39. The molecule has 30 heavy (non-hydrogen) atoms. The minimum Gasteiger partial charge on any atom is -0.449 e. The van der Waals surface area contributed by atoms with Crippen LogP contribution in [0, 0.1) is 12.7 Å². The van der Waals surface area contributed by atoms with Crippen LogP contribution in [-0.2, 0) is 4.74 Å². The van der Waals surface area contributed by atoms with Gasteiger partial charge in [0.05, 0.1) is 5.69 Å². The number of halogens is 1. The first-order chi connectivity index (χ1) is 14.5. The second-order valence-electron chi connectivity index (χ2n) is 7.34. The Labute approximate surface area is 175 Å². The van der Waals surface area contributed by atoms with Gasteiger partial charge in [0.15, 0.2) is 0 Å². The number of alkyl carbamates (subject to hydrolysis) is 1. The predicted octanol–water partition coefficient (Wildman–Crippen LogP) is 5.27. The Morgan fingerprint density at radius 1 is 1.10 bits per heavy atom. The van der Waals surface area contributed by atoms with E-state index >= 15 is 0 Å². The van der Waals surface area contributed by atoms with E-state index in [9.17, 15) is 9.18 Å². The molecule has 1 amide bonds. The van der Waals surface area contributed by atoms with Crippen LogP contribution in [0.25, 0.3) is 17.2 Å². The molecule has 3 aromatic rings. The maximum atomic E-state index is 13.6. The summed E-state index contributed by atoms with van der Waals surface area (Å²) in [6, 6.07) is 19.4. The number of nitrogen functional groups attached to an aromatic ring is 1. The van der Waals surface area contributed by atoms with E-state index in [-0.39, 0.29) is 24.8 Å². The first-order valence-corrected chi connectivity index (χ1v) is 9.85. The molecule has 0 aliphatic heterocycles. The van der Waals surface area contributed by atoms with Crippen LogP contribution in [0.4, 0.5) is 14.9 Å². The number of aryl methyl sites for hydroxylation is 1. The number of ether oxygens (including phenoxy) is 1. The number of anilines is 1. The lowest BCUT2D eigenvalue weighted by molar-refractivity contribution is 0.144. The number of nitrogens with one attached hydrogen (secondary N) is 1. The average Bonchev–Trinajstić information content (AvgIpc) is 3.07. The van der Waals surface area contributed by atoms with Crippen LogP contribution in [0.5, 0.6) is 0 Å². The number of hydrogen-bond donors (Lipinski definition) is 2. The third kappa shape index (κ3) is 3.92. The fraction of sp³-hybridized carbons (Fsp3) is 0.160. The van der Waals surface area contributed by atoms with Gasteiger partial charge in [-0.25, -0.2) is 9.18 Å². The highest BCUT2D eigenvalue weighted by atomic mass is 19.1. The average molecular weight is 402 g/mol. The normalized spacial score (nSPS) is 12.6. The van der Waals surface area contributed by atoms with Crippen molar-refractivity contribution in [2.24, 2.45) is 0 Å². The quantitative estimate of drug-likeness (QED) is 0.572. The van der Waals surface area contributed by atoms with Gasteiger partial charge in [0.2, 0.25) is 0 Å². The standard InChI is InChI=1S/C25H23FN2O2/c1-16-13-24(27)23(26)14-17(16)7-6-12-28-25(29)30-15-22-20-10-4-2-8-18(20)19-9-3-5-11-21(19)22/h2-11,13-14,22H,12,15,27H2,1H3,(H,28,29). The largest absolute Gasteiger partial charge is 0.449 e. The van der Waals surface area contributed by atoms with Crippen LogP contribution in [0.15, 0.2) is 66.7 Å². The number of carbonyl (C=O) groups is 1. The van der Waals surface area contributed by atoms with Crippen LogP contribution < -0.4 is 11.1 Å². The van der Waals surface area contributed by atoms with Crippen molar-refractivity contribution in [1.82, 2.24) is 5.32 Å². The van der Waals surface area contributed by atoms with E-state index in [1.807, 2.05) is 31.2 Å². The molecule has 5 heteroatoms. The summed E-state index contributed by atoms with van der Waals surface area (Å²) in [5, 5.41) is 2.70. The maximum Gasteiger partial charge on any atom is 0.407 e. The number of benzene rings is 3. The molecule has 0 bridgehead atoms. The molecule has 3 aromatic carbocycles. The predicted molar refractivity (Wildman–Crippen MR) is 118 cm³/mol. The molecule has 0 unspecified atom stereocenters. The molecule has 4 rings (SSSR count). The molecule has 0 atom stereocenters. The van der Waals surface area contributed by atoms with E-state index in [0.717, 1.165) is 11.1 Å². The molecule has 0 saturated heterocycles. The molecule has 0 spiro atoms. The zero-order chi connectivity index (χ0) is 21.1. The molecule has 0 radical (unpaired) electrons. The zero-order valence-electron chi connectivity index (χ0n) is 16.7. The first kappa shape index (κ1) is 19.7. The lowest BCUT2D eigenvalue weighted by atomic mass is 9.98. The molecule has 0 fully saturated rings. The number of rotatable bonds is 5. The summed E-state index contributed by atoms with van der Waals surface area (Å²) in [5.74, 6) is -0.427. The van der Waals surface area contributed by atoms with Crippen LogP contribution in [-0.4, -0.2) is 19.2 Å². The van der Waals surface area contributed by atoms with Gasteiger partial charge in [-0.3, -0.25) is 0 Å². The molecule has 1 aliphatic carbocycles. The van der Waals surface area contributed by atoms with Crippen LogP contribution >= 0.6 is 0 Å². The van der Waals surface area contributed by atoms with Gasteiger partial charge in [0.1, 0.15) is 12.4 Å². The van der Waals surface area contributed by atoms with E-state index in [0.29, 0.717) is 0 Å². The van der Waals surface area contributed by atoms with Crippen molar-refractivity contribution in [3.8, 4) is 11.1 Å². The lowest BCUT2D eigenvalue weighted by Crippen LogP contribution is -2.26. The molecule has 152 valence electrons. The number of fused-ring (bicyclic) bond motifs is 3. The summed E-state index contributed by atoms with van der Waals surface area (Å²) >= 11 is 0. The maximum absolute atomic E-state index is 13.6. The lowest BCUT2D eigenvalue weighted by Gasteiger charge is -2.14. The van der Waals surface area contributed by atoms with Gasteiger partial charge in [0, 0.05) is 12.5 Å². The Morgan fingerprint density at radius 2 is 1.73 bits per heavy atom. The van der Waals surface area contributed by atoms with Gasteiger partial charge in [0.25, 0.3) is 0 Å². The Morgan fingerprint density at radius 3 is 2.40 bits per heavy atom. The van der Waals surface area contributed by atoms with Gasteiger partial charge >= 0.3 is 6.09 Å². The first-order valence-electron chi connectivity index (χ1n) is 9.85. The van der Waals surface area contributed by atoms with Crippen molar-refractivity contribution in [2.45, 2.75) is 12.8 Å². The fourth-order valence-corrected chi connectivity index (χ4v) is 3.88. The van der Waals surface area contributed by atoms with Gasteiger partial charge < -0.3 is 15.8 Å². The van der Waals surface area contributed by atoms with Crippen LogP contribution in [0.2, 0.25) is 0 Å². The van der Waals surface area contributed by atoms with Gasteiger partial charge in [-0.2, -0.15) is 0 Å². The molecule has 3 N–H and O–H groups in total. The molecule has 4 nitrogen and oxygen atoms in total. The van der Waals surface area contributed by atoms with Gasteiger partial charge in [-0.15, -0.1) is 0 Å². The summed E-state index contributed by atoms with van der Waals surface area (Å²) in [7, 11) is 0. The summed E-state index contributed by atoms with van der Waals surface area (Å²) in [5.41, 5.74) is 12.0. The van der Waals surface area contributed by atoms with Crippen molar-refractivity contribution in [1.29, 1.82) is 0 Å². The Balaban J connectivity index is 1.34. The van der Waals surface area contributed by atoms with Crippen molar-refractivity contribution >= 4 is 17.9 Å². The number of amides is 1. The minimum absolute atomic E-state index is 0.0269. The molecule has 1 aliphatic rings. The summed E-state index contributed by atoms with van der Waals surface area (Å²) in [6.45, 7) is 2.41. The second-order valence-corrected chi connectivity index (χ2v) is 7.34. The van der Waals surface area contributed by atoms with E-state index in [4.69, 9.17) is 10.5 Å². The Hall–Kier alpha value is -3.60. The van der Waals surface area contributed by atoms with Crippen LogP contribution in [0.1, 0.15) is 28.2 Å². The van der Waals surface area contributed by atoms with Crippen molar-refractivity contribution in [2.75, 3.05) is 18.9 Å². The number of nitrogens with two attached hydrogens (primary N) is 1. The van der Waals surface area contributed by atoms with Gasteiger partial charge in [-0.05, 0) is 52.4 Å². The molecule has 0 aromatic heterocycles. The fourth-order valence-electron chi connectivity index (χ4n) is 3.88. The van der Waals surface area contributed by atoms with Crippen molar-refractivity contribution < 1.29 is 13.9 Å². The highest BCUT2D eigenvalue weighted by molar-refractivity contribution is 5.79. The smallest absolute Gasteiger partial charge is 0.407 e. The third-order valence-corrected chi connectivity index (χ3v) is 5.39. The molecule has 0 heterocycles. The van der Waals surface area contributed by atoms with E-state index in [2.05, 4.69) is 29.6 Å². The second kappa shape index (κ2) is 8.41. The summed E-state index contributed by atoms with van der Waals surface area (Å²) in [4.78, 5) is 12.2. The summed E-state index contributed by atoms with van der Waals surface area (Å²) in [6.07, 6.45) is 3.02. The Kier molecular flexibility index (Phi) is 5.53. The zero-order valence-corrected chi connectivity index (χ0v) is 16.7. The molecular formula is C25H23FN2O2. The van der Waals surface area contributed by atoms with E-state index < -0.39 is 11.9 Å². The van der Waals surface area contributed by atoms with Crippen LogP contribution in [0.3, 0.4) is 0 Å². The Bertz CT molecular complexity index is 1080. The number of carbonyl (C=O) groups excluding carboxylic acids is 1. The van der Waals surface area contributed by atoms with E-state index in [1.165, 1.54) is 28.3 Å².